The minimum atomic E-state index is -0.425. The van der Waals surface area contributed by atoms with Crippen LogP contribution in [0.15, 0.2) is 11.1 Å². The summed E-state index contributed by atoms with van der Waals surface area (Å²) in [6.07, 6.45) is 2.59. The molecule has 1 atom stereocenters. The minimum Gasteiger partial charge on any atom is -0.354 e. The van der Waals surface area contributed by atoms with Crippen LogP contribution in [-0.4, -0.2) is 31.1 Å². The quantitative estimate of drug-likeness (QED) is 0.721. The van der Waals surface area contributed by atoms with Gasteiger partial charge in [-0.05, 0) is 19.3 Å². The summed E-state index contributed by atoms with van der Waals surface area (Å²) in [4.78, 5) is 22.9. The van der Waals surface area contributed by atoms with E-state index in [9.17, 15) is 9.59 Å². The van der Waals surface area contributed by atoms with Gasteiger partial charge < -0.3 is 16.0 Å². The van der Waals surface area contributed by atoms with Gasteiger partial charge in [-0.3, -0.25) is 4.79 Å². The fourth-order valence-corrected chi connectivity index (χ4v) is 1.60. The highest BCUT2D eigenvalue weighted by atomic mass is 79.9. The van der Waals surface area contributed by atoms with Crippen LogP contribution in [0.4, 0.5) is 4.79 Å². The van der Waals surface area contributed by atoms with Gasteiger partial charge >= 0.3 is 6.03 Å². The first-order valence-corrected chi connectivity index (χ1v) is 6.04. The van der Waals surface area contributed by atoms with Crippen LogP contribution >= 0.6 is 15.9 Å². The zero-order chi connectivity index (χ0) is 12.0. The van der Waals surface area contributed by atoms with Crippen molar-refractivity contribution < 1.29 is 9.59 Å². The van der Waals surface area contributed by atoms with Crippen LogP contribution in [-0.2, 0) is 4.79 Å². The Balaban J connectivity index is 2.36. The largest absolute Gasteiger partial charge is 0.354 e. The molecule has 6 heteroatoms. The summed E-state index contributed by atoms with van der Waals surface area (Å²) >= 11 is 3.14. The summed E-state index contributed by atoms with van der Waals surface area (Å²) < 4.78 is 0.688. The van der Waals surface area contributed by atoms with E-state index in [1.807, 2.05) is 0 Å². The number of carbonyl (C=O) groups excluding carboxylic acids is 2. The Morgan fingerprint density at radius 1 is 1.56 bits per heavy atom. The Bertz CT molecular complexity index is 294. The van der Waals surface area contributed by atoms with E-state index in [4.69, 9.17) is 0 Å². The molecule has 0 bridgehead atoms. The first-order chi connectivity index (χ1) is 7.59. The van der Waals surface area contributed by atoms with Crippen LogP contribution in [0.5, 0.6) is 0 Å². The SMILES string of the molecule is C=C(Br)CNC(=O)N[C@@H]1CCCCNC1=O. The molecule has 0 unspecified atom stereocenters. The number of nitrogens with one attached hydrogen (secondary N) is 3. The molecule has 0 aromatic rings. The van der Waals surface area contributed by atoms with Gasteiger partial charge in [0.05, 0.1) is 6.54 Å². The summed E-state index contributed by atoms with van der Waals surface area (Å²) in [6, 6.07) is -0.770. The average Bonchev–Trinajstić information content (AvgIpc) is 2.42. The van der Waals surface area contributed by atoms with Crippen LogP contribution in [0.3, 0.4) is 0 Å². The summed E-state index contributed by atoms with van der Waals surface area (Å²) in [7, 11) is 0. The molecule has 5 nitrogen and oxygen atoms in total. The predicted octanol–water partition coefficient (Wildman–Crippen LogP) is 0.863. The van der Waals surface area contributed by atoms with Gasteiger partial charge in [0.15, 0.2) is 0 Å². The van der Waals surface area contributed by atoms with Crippen LogP contribution in [0.2, 0.25) is 0 Å². The number of rotatable bonds is 3. The van der Waals surface area contributed by atoms with Crippen LogP contribution in [0.1, 0.15) is 19.3 Å². The lowest BCUT2D eigenvalue weighted by Crippen LogP contribution is -2.49. The zero-order valence-electron chi connectivity index (χ0n) is 9.01. The molecule has 0 aromatic heterocycles. The third-order valence-electron chi connectivity index (χ3n) is 2.28. The van der Waals surface area contributed by atoms with E-state index < -0.39 is 6.04 Å². The lowest BCUT2D eigenvalue weighted by atomic mass is 10.1. The van der Waals surface area contributed by atoms with Crippen molar-refractivity contribution in [3.8, 4) is 0 Å². The lowest BCUT2D eigenvalue weighted by Gasteiger charge is -2.15. The van der Waals surface area contributed by atoms with Gasteiger partial charge in [-0.15, -0.1) is 0 Å². The van der Waals surface area contributed by atoms with Gasteiger partial charge in [-0.25, -0.2) is 4.79 Å². The van der Waals surface area contributed by atoms with Crippen molar-refractivity contribution in [2.75, 3.05) is 13.1 Å². The number of carbonyl (C=O) groups is 2. The summed E-state index contributed by atoms with van der Waals surface area (Å²) in [6.45, 7) is 4.64. The molecule has 0 aromatic carbocycles. The van der Waals surface area contributed by atoms with Crippen LogP contribution in [0.25, 0.3) is 0 Å². The molecule has 0 radical (unpaired) electrons. The highest BCUT2D eigenvalue weighted by Gasteiger charge is 2.21. The van der Waals surface area contributed by atoms with E-state index in [1.165, 1.54) is 0 Å². The van der Waals surface area contributed by atoms with Crippen LogP contribution < -0.4 is 16.0 Å². The van der Waals surface area contributed by atoms with Crippen LogP contribution in [0, 0.1) is 0 Å². The second-order valence-corrected chi connectivity index (χ2v) is 4.81. The van der Waals surface area contributed by atoms with Gasteiger partial charge in [-0.1, -0.05) is 22.5 Å². The summed E-state index contributed by atoms with van der Waals surface area (Å²) in [5.41, 5.74) is 0. The highest BCUT2D eigenvalue weighted by molar-refractivity contribution is 9.11. The number of amides is 3. The monoisotopic (exact) mass is 289 g/mol. The molecule has 16 heavy (non-hydrogen) atoms. The minimum absolute atomic E-state index is 0.106. The third kappa shape index (κ3) is 4.65. The van der Waals surface area contributed by atoms with Gasteiger partial charge in [0.25, 0.3) is 0 Å². The molecule has 3 N–H and O–H groups in total. The van der Waals surface area contributed by atoms with E-state index in [0.29, 0.717) is 24.0 Å². The van der Waals surface area contributed by atoms with Crippen molar-refractivity contribution in [1.82, 2.24) is 16.0 Å². The fraction of sp³-hybridized carbons (Fsp3) is 0.600. The smallest absolute Gasteiger partial charge is 0.315 e. The summed E-state index contributed by atoms with van der Waals surface area (Å²) in [5.74, 6) is -0.106. The molecular weight excluding hydrogens is 274 g/mol. The first-order valence-electron chi connectivity index (χ1n) is 5.25. The lowest BCUT2D eigenvalue weighted by molar-refractivity contribution is -0.122. The Hall–Kier alpha value is -1.04. The zero-order valence-corrected chi connectivity index (χ0v) is 10.6. The van der Waals surface area contributed by atoms with Gasteiger partial charge in [0, 0.05) is 11.0 Å². The second kappa shape index (κ2) is 6.52. The molecule has 90 valence electrons. The maximum atomic E-state index is 11.5. The highest BCUT2D eigenvalue weighted by Crippen LogP contribution is 2.05. The molecule has 1 aliphatic heterocycles. The normalized spacial score (nSPS) is 20.6. The topological polar surface area (TPSA) is 70.2 Å². The van der Waals surface area contributed by atoms with E-state index in [2.05, 4.69) is 38.5 Å². The maximum Gasteiger partial charge on any atom is 0.315 e. The molecule has 3 amide bonds. The average molecular weight is 290 g/mol. The van der Waals surface area contributed by atoms with E-state index in [1.54, 1.807) is 0 Å². The number of halogens is 1. The molecule has 1 rings (SSSR count). The van der Waals surface area contributed by atoms with Crippen molar-refractivity contribution >= 4 is 27.9 Å². The molecule has 1 saturated heterocycles. The number of hydrogen-bond donors (Lipinski definition) is 3. The van der Waals surface area contributed by atoms with Crippen molar-refractivity contribution in [2.45, 2.75) is 25.3 Å². The number of urea groups is 1. The number of hydrogen-bond acceptors (Lipinski definition) is 2. The molecule has 1 fully saturated rings. The van der Waals surface area contributed by atoms with E-state index >= 15 is 0 Å². The van der Waals surface area contributed by atoms with Gasteiger partial charge in [0.2, 0.25) is 5.91 Å². The molecular formula is C10H16BrN3O2. The van der Waals surface area contributed by atoms with E-state index in [0.717, 1.165) is 12.8 Å². The second-order valence-electron chi connectivity index (χ2n) is 3.68. The molecule has 0 aliphatic carbocycles. The van der Waals surface area contributed by atoms with Gasteiger partial charge in [0.1, 0.15) is 6.04 Å². The fourth-order valence-electron chi connectivity index (χ4n) is 1.46. The molecule has 0 spiro atoms. The van der Waals surface area contributed by atoms with Gasteiger partial charge in [-0.2, -0.15) is 0 Å². The van der Waals surface area contributed by atoms with Crippen molar-refractivity contribution in [2.24, 2.45) is 0 Å². The molecule has 0 saturated carbocycles. The Morgan fingerprint density at radius 2 is 2.31 bits per heavy atom. The summed E-state index contributed by atoms with van der Waals surface area (Å²) in [5, 5.41) is 7.99. The standard InChI is InChI=1S/C10H16BrN3O2/c1-7(11)6-13-10(16)14-8-4-2-3-5-12-9(8)15/h8H,1-6H2,(H,12,15)(H2,13,14,16)/t8-/m1/s1. The van der Waals surface area contributed by atoms with Crippen molar-refractivity contribution in [1.29, 1.82) is 0 Å². The Morgan fingerprint density at radius 3 is 3.00 bits per heavy atom. The van der Waals surface area contributed by atoms with E-state index in [-0.39, 0.29) is 11.9 Å². The Labute approximate surface area is 103 Å². The molecule has 1 heterocycles. The first kappa shape index (κ1) is 13.0. The third-order valence-corrected chi connectivity index (χ3v) is 2.56. The van der Waals surface area contributed by atoms with Crippen molar-refractivity contribution in [3.05, 3.63) is 11.1 Å². The molecule has 1 aliphatic rings. The van der Waals surface area contributed by atoms with Crippen molar-refractivity contribution in [3.63, 3.8) is 0 Å². The maximum absolute atomic E-state index is 11.5. The Kier molecular flexibility index (Phi) is 5.31. The predicted molar refractivity (Wildman–Crippen MR) is 65.3 cm³/mol.